The van der Waals surface area contributed by atoms with Crippen LogP contribution in [0.2, 0.25) is 0 Å². The van der Waals surface area contributed by atoms with E-state index in [9.17, 15) is 4.79 Å². The minimum atomic E-state index is -0.0899. The van der Waals surface area contributed by atoms with Crippen LogP contribution in [0.3, 0.4) is 0 Å². The molecule has 1 atom stereocenters. The maximum Gasteiger partial charge on any atom is 0.319 e. The zero-order valence-corrected chi connectivity index (χ0v) is 15.6. The zero-order chi connectivity index (χ0) is 16.9. The molecule has 0 spiro atoms. The number of nitrogens with one attached hydrogen (secondary N) is 2. The predicted molar refractivity (Wildman–Crippen MR) is 103 cm³/mol. The number of nitrogens with zero attached hydrogens (tertiary/aromatic N) is 1. The summed E-state index contributed by atoms with van der Waals surface area (Å²) in [5, 5.41) is 5.99. The Balaban J connectivity index is 1.38. The molecule has 1 aromatic carbocycles. The number of rotatable bonds is 4. The largest absolute Gasteiger partial charge is 0.338 e. The zero-order valence-electron chi connectivity index (χ0n) is 14.8. The number of piperidine rings is 1. The van der Waals surface area contributed by atoms with E-state index in [1.54, 1.807) is 0 Å². The number of hydrogen-bond donors (Lipinski definition) is 2. The molecular formula is C19H29N3OS. The molecule has 0 radical (unpaired) electrons. The van der Waals surface area contributed by atoms with Crippen molar-refractivity contribution < 1.29 is 4.79 Å². The Hall–Kier alpha value is -1.20. The van der Waals surface area contributed by atoms with Crippen LogP contribution in [0.1, 0.15) is 30.4 Å². The maximum absolute atomic E-state index is 12.1. The van der Waals surface area contributed by atoms with Gasteiger partial charge in [0.1, 0.15) is 0 Å². The summed E-state index contributed by atoms with van der Waals surface area (Å²) >= 11 is 2.09. The third-order valence-electron chi connectivity index (χ3n) is 5.39. The smallest absolute Gasteiger partial charge is 0.319 e. The van der Waals surface area contributed by atoms with Gasteiger partial charge in [-0.15, -0.1) is 0 Å². The Bertz CT molecular complexity index is 564. The van der Waals surface area contributed by atoms with Crippen LogP contribution in [-0.4, -0.2) is 48.1 Å². The minimum absolute atomic E-state index is 0.0899. The molecule has 0 unspecified atom stereocenters. The van der Waals surface area contributed by atoms with Crippen LogP contribution in [0.15, 0.2) is 18.2 Å². The first-order valence-corrected chi connectivity index (χ1v) is 10.2. The average molecular weight is 348 g/mol. The second-order valence-electron chi connectivity index (χ2n) is 7.13. The summed E-state index contributed by atoms with van der Waals surface area (Å²) in [6.45, 7) is 7.31. The molecule has 0 aliphatic carbocycles. The second-order valence-corrected chi connectivity index (χ2v) is 8.28. The maximum atomic E-state index is 12.1. The Morgan fingerprint density at radius 1 is 1.21 bits per heavy atom. The minimum Gasteiger partial charge on any atom is -0.338 e. The predicted octanol–water partition coefficient (Wildman–Crippen LogP) is 3.64. The topological polar surface area (TPSA) is 44.4 Å². The van der Waals surface area contributed by atoms with Crippen LogP contribution >= 0.6 is 11.8 Å². The number of benzene rings is 1. The SMILES string of the molecule is Cc1ccc(NC(=O)NCC2CCN([C@H]3CCSC3)CC2)cc1C. The first-order valence-electron chi connectivity index (χ1n) is 9.05. The molecule has 24 heavy (non-hydrogen) atoms. The quantitative estimate of drug-likeness (QED) is 0.874. The molecule has 2 aliphatic heterocycles. The highest BCUT2D eigenvalue weighted by Gasteiger charge is 2.27. The average Bonchev–Trinajstić information content (AvgIpc) is 3.11. The highest BCUT2D eigenvalue weighted by atomic mass is 32.2. The molecule has 2 N–H and O–H groups in total. The van der Waals surface area contributed by atoms with Gasteiger partial charge >= 0.3 is 6.03 Å². The molecule has 4 nitrogen and oxygen atoms in total. The normalized spacial score (nSPS) is 22.5. The summed E-state index contributed by atoms with van der Waals surface area (Å²) in [6, 6.07) is 6.74. The van der Waals surface area contributed by atoms with E-state index in [1.165, 1.54) is 55.0 Å². The lowest BCUT2D eigenvalue weighted by molar-refractivity contribution is 0.143. The van der Waals surface area contributed by atoms with Gasteiger partial charge in [-0.3, -0.25) is 4.90 Å². The molecule has 0 bridgehead atoms. The highest BCUT2D eigenvalue weighted by Crippen LogP contribution is 2.26. The van der Waals surface area contributed by atoms with E-state index in [1.807, 2.05) is 18.2 Å². The van der Waals surface area contributed by atoms with Gasteiger partial charge in [-0.1, -0.05) is 6.07 Å². The van der Waals surface area contributed by atoms with Crippen molar-refractivity contribution in [1.29, 1.82) is 0 Å². The van der Waals surface area contributed by atoms with Gasteiger partial charge in [-0.05, 0) is 81.1 Å². The molecule has 5 heteroatoms. The number of amides is 2. The molecule has 2 fully saturated rings. The van der Waals surface area contributed by atoms with Crippen LogP contribution in [0.5, 0.6) is 0 Å². The van der Waals surface area contributed by atoms with Gasteiger partial charge in [0.25, 0.3) is 0 Å². The summed E-state index contributed by atoms with van der Waals surface area (Å²) < 4.78 is 0. The number of carbonyl (C=O) groups is 1. The molecular weight excluding hydrogens is 318 g/mol. The lowest BCUT2D eigenvalue weighted by atomic mass is 9.95. The van der Waals surface area contributed by atoms with Crippen LogP contribution < -0.4 is 10.6 Å². The van der Waals surface area contributed by atoms with Crippen molar-refractivity contribution >= 4 is 23.5 Å². The van der Waals surface area contributed by atoms with Gasteiger partial charge in [-0.25, -0.2) is 4.79 Å². The number of anilines is 1. The Morgan fingerprint density at radius 2 is 2.00 bits per heavy atom. The first-order chi connectivity index (χ1) is 11.6. The third-order valence-corrected chi connectivity index (χ3v) is 6.53. The van der Waals surface area contributed by atoms with Gasteiger partial charge in [0.2, 0.25) is 0 Å². The van der Waals surface area contributed by atoms with Crippen LogP contribution in [-0.2, 0) is 0 Å². The van der Waals surface area contributed by atoms with Crippen molar-refractivity contribution in [2.24, 2.45) is 5.92 Å². The number of aryl methyl sites for hydroxylation is 2. The van der Waals surface area contributed by atoms with Gasteiger partial charge in [-0.2, -0.15) is 11.8 Å². The van der Waals surface area contributed by atoms with E-state index in [-0.39, 0.29) is 6.03 Å². The van der Waals surface area contributed by atoms with Crippen LogP contribution in [0.25, 0.3) is 0 Å². The molecule has 0 saturated carbocycles. The molecule has 2 aliphatic rings. The summed E-state index contributed by atoms with van der Waals surface area (Å²) in [7, 11) is 0. The number of likely N-dealkylation sites (tertiary alicyclic amines) is 1. The molecule has 132 valence electrons. The Labute approximate surface area is 149 Å². The number of hydrogen-bond acceptors (Lipinski definition) is 3. The Morgan fingerprint density at radius 3 is 2.67 bits per heavy atom. The first kappa shape index (κ1) is 17.6. The summed E-state index contributed by atoms with van der Waals surface area (Å²) in [4.78, 5) is 14.7. The second kappa shape index (κ2) is 8.26. The fourth-order valence-corrected chi connectivity index (χ4v) is 4.82. The summed E-state index contributed by atoms with van der Waals surface area (Å²) in [5.74, 6) is 3.24. The standard InChI is InChI=1S/C19H29N3OS/c1-14-3-4-17(11-15(14)2)21-19(23)20-12-16-5-8-22(9-6-16)18-7-10-24-13-18/h3-4,11,16,18H,5-10,12-13H2,1-2H3,(H2,20,21,23)/t18-/m0/s1. The highest BCUT2D eigenvalue weighted by molar-refractivity contribution is 7.99. The van der Waals surface area contributed by atoms with Crippen molar-refractivity contribution in [2.75, 3.05) is 36.5 Å². The van der Waals surface area contributed by atoms with E-state index in [0.717, 1.165) is 18.3 Å². The van der Waals surface area contributed by atoms with E-state index in [4.69, 9.17) is 0 Å². The van der Waals surface area contributed by atoms with Gasteiger partial charge in [0.15, 0.2) is 0 Å². The molecule has 2 saturated heterocycles. The van der Waals surface area contributed by atoms with Gasteiger partial charge in [0.05, 0.1) is 0 Å². The number of urea groups is 1. The summed E-state index contributed by atoms with van der Waals surface area (Å²) in [6.07, 6.45) is 3.75. The van der Waals surface area contributed by atoms with E-state index in [0.29, 0.717) is 5.92 Å². The lowest BCUT2D eigenvalue weighted by Gasteiger charge is -2.35. The van der Waals surface area contributed by atoms with Crippen molar-refractivity contribution in [2.45, 2.75) is 39.2 Å². The molecule has 3 rings (SSSR count). The van der Waals surface area contributed by atoms with E-state index >= 15 is 0 Å². The van der Waals surface area contributed by atoms with E-state index in [2.05, 4.69) is 41.1 Å². The summed E-state index contributed by atoms with van der Waals surface area (Å²) in [5.41, 5.74) is 3.31. The fourth-order valence-electron chi connectivity index (χ4n) is 3.56. The monoisotopic (exact) mass is 347 g/mol. The molecule has 2 amide bonds. The Kier molecular flexibility index (Phi) is 6.06. The van der Waals surface area contributed by atoms with Crippen molar-refractivity contribution in [1.82, 2.24) is 10.2 Å². The lowest BCUT2D eigenvalue weighted by Crippen LogP contribution is -2.44. The van der Waals surface area contributed by atoms with Crippen molar-refractivity contribution in [3.63, 3.8) is 0 Å². The van der Waals surface area contributed by atoms with E-state index < -0.39 is 0 Å². The number of carbonyl (C=O) groups excluding carboxylic acids is 1. The molecule has 2 heterocycles. The van der Waals surface area contributed by atoms with Gasteiger partial charge < -0.3 is 10.6 Å². The molecule has 0 aromatic heterocycles. The van der Waals surface area contributed by atoms with Gasteiger partial charge in [0, 0.05) is 24.0 Å². The van der Waals surface area contributed by atoms with Crippen LogP contribution in [0.4, 0.5) is 10.5 Å². The van der Waals surface area contributed by atoms with Crippen molar-refractivity contribution in [3.05, 3.63) is 29.3 Å². The third kappa shape index (κ3) is 4.67. The fraction of sp³-hybridized carbons (Fsp3) is 0.632. The number of thioether (sulfide) groups is 1. The molecule has 1 aromatic rings. The van der Waals surface area contributed by atoms with Crippen LogP contribution in [0, 0.1) is 19.8 Å². The van der Waals surface area contributed by atoms with Crippen molar-refractivity contribution in [3.8, 4) is 0 Å².